The first kappa shape index (κ1) is 13.6. The van der Waals surface area contributed by atoms with Crippen molar-refractivity contribution in [2.24, 2.45) is 0 Å². The molecule has 6 nitrogen and oxygen atoms in total. The molecule has 19 heavy (non-hydrogen) atoms. The van der Waals surface area contributed by atoms with Crippen molar-refractivity contribution in [3.63, 3.8) is 0 Å². The van der Waals surface area contributed by atoms with Gasteiger partial charge in [0.25, 0.3) is 5.91 Å². The number of anilines is 1. The monoisotopic (exact) mass is 299 g/mol. The number of hydrogen-bond donors (Lipinski definition) is 2. The first-order chi connectivity index (χ1) is 9.08. The van der Waals surface area contributed by atoms with Gasteiger partial charge < -0.3 is 11.1 Å². The van der Waals surface area contributed by atoms with Crippen LogP contribution in [0.5, 0.6) is 0 Å². The maximum atomic E-state index is 11.9. The molecule has 0 aliphatic rings. The van der Waals surface area contributed by atoms with Crippen LogP contribution in [0.3, 0.4) is 0 Å². The highest BCUT2D eigenvalue weighted by atomic mass is 35.5. The van der Waals surface area contributed by atoms with Crippen LogP contribution >= 0.6 is 23.2 Å². The molecule has 2 rings (SSSR count). The average molecular weight is 300 g/mol. The number of nitrogen functional groups attached to an aromatic ring is 1. The molecule has 1 amide bonds. The molecule has 3 N–H and O–H groups in total. The Morgan fingerprint density at radius 2 is 2.05 bits per heavy atom. The predicted molar refractivity (Wildman–Crippen MR) is 73.2 cm³/mol. The lowest BCUT2D eigenvalue weighted by atomic mass is 10.2. The van der Waals surface area contributed by atoms with Crippen LogP contribution in [0.2, 0.25) is 10.0 Å². The molecule has 0 unspecified atom stereocenters. The van der Waals surface area contributed by atoms with Gasteiger partial charge >= 0.3 is 0 Å². The maximum Gasteiger partial charge on any atom is 0.251 e. The quantitative estimate of drug-likeness (QED) is 0.840. The van der Waals surface area contributed by atoms with E-state index in [0.717, 1.165) is 0 Å². The smallest absolute Gasteiger partial charge is 0.251 e. The zero-order valence-electron chi connectivity index (χ0n) is 9.81. The first-order valence-corrected chi connectivity index (χ1v) is 6.20. The molecule has 0 bridgehead atoms. The predicted octanol–water partition coefficient (Wildman–Crippen LogP) is 1.60. The van der Waals surface area contributed by atoms with Crippen molar-refractivity contribution in [1.29, 1.82) is 0 Å². The van der Waals surface area contributed by atoms with E-state index in [4.69, 9.17) is 28.9 Å². The van der Waals surface area contributed by atoms with E-state index in [2.05, 4.69) is 15.6 Å². The van der Waals surface area contributed by atoms with Gasteiger partial charge in [-0.15, -0.1) is 5.10 Å². The minimum Gasteiger partial charge on any atom is -0.396 e. The van der Waals surface area contributed by atoms with Crippen molar-refractivity contribution in [2.75, 3.05) is 12.3 Å². The van der Waals surface area contributed by atoms with Gasteiger partial charge in [0.05, 0.1) is 28.5 Å². The number of carbonyl (C=O) groups is 1. The highest BCUT2D eigenvalue weighted by Gasteiger charge is 2.10. The van der Waals surface area contributed by atoms with E-state index < -0.39 is 0 Å². The van der Waals surface area contributed by atoms with E-state index in [1.54, 1.807) is 17.1 Å². The summed E-state index contributed by atoms with van der Waals surface area (Å²) in [6.07, 6.45) is 3.28. The Hall–Kier alpha value is -1.79. The molecule has 100 valence electrons. The molecular weight excluding hydrogens is 289 g/mol. The number of rotatable bonds is 4. The van der Waals surface area contributed by atoms with Crippen molar-refractivity contribution < 1.29 is 4.79 Å². The van der Waals surface area contributed by atoms with Crippen molar-refractivity contribution in [2.45, 2.75) is 6.54 Å². The number of nitrogens with two attached hydrogens (primary N) is 1. The minimum atomic E-state index is -0.274. The highest BCUT2D eigenvalue weighted by molar-refractivity contribution is 6.39. The zero-order chi connectivity index (χ0) is 13.8. The summed E-state index contributed by atoms with van der Waals surface area (Å²) in [5, 5.41) is 10.7. The molecular formula is C11H11Cl2N5O. The Balaban J connectivity index is 1.96. The zero-order valence-corrected chi connectivity index (χ0v) is 11.3. The summed E-state index contributed by atoms with van der Waals surface area (Å²) < 4.78 is 1.61. The molecule has 0 aliphatic carbocycles. The number of benzene rings is 1. The van der Waals surface area contributed by atoms with Crippen molar-refractivity contribution in [3.05, 3.63) is 40.1 Å². The average Bonchev–Trinajstić information content (AvgIpc) is 2.88. The fraction of sp³-hybridized carbons (Fsp3) is 0.182. The standard InChI is InChI=1S/C11H11Cl2N5O/c12-8-5-7(6-9(13)10(8)14)11(19)15-1-3-18-4-2-16-17-18/h2,4-6H,1,3,14H2,(H,15,19). The first-order valence-electron chi connectivity index (χ1n) is 5.44. The molecule has 0 aliphatic heterocycles. The summed E-state index contributed by atoms with van der Waals surface area (Å²) in [6.45, 7) is 0.948. The van der Waals surface area contributed by atoms with Gasteiger partial charge in [0.2, 0.25) is 0 Å². The number of nitrogens with zero attached hydrogens (tertiary/aromatic N) is 3. The third-order valence-corrected chi connectivity index (χ3v) is 3.07. The van der Waals surface area contributed by atoms with Gasteiger partial charge in [0.15, 0.2) is 0 Å². The number of carbonyl (C=O) groups excluding carboxylic acids is 1. The fourth-order valence-corrected chi connectivity index (χ4v) is 1.94. The summed E-state index contributed by atoms with van der Waals surface area (Å²) in [6, 6.07) is 2.96. The summed E-state index contributed by atoms with van der Waals surface area (Å²) >= 11 is 11.7. The summed E-state index contributed by atoms with van der Waals surface area (Å²) in [5.74, 6) is -0.274. The molecule has 1 heterocycles. The molecule has 0 spiro atoms. The number of hydrogen-bond acceptors (Lipinski definition) is 4. The van der Waals surface area contributed by atoms with Gasteiger partial charge in [-0.05, 0) is 12.1 Å². The van der Waals surface area contributed by atoms with Gasteiger partial charge in [-0.3, -0.25) is 9.48 Å². The number of aromatic nitrogens is 3. The molecule has 8 heteroatoms. The van der Waals surface area contributed by atoms with Gasteiger partial charge in [0.1, 0.15) is 0 Å². The van der Waals surface area contributed by atoms with Crippen molar-refractivity contribution in [3.8, 4) is 0 Å². The van der Waals surface area contributed by atoms with Crippen LogP contribution in [0.1, 0.15) is 10.4 Å². The topological polar surface area (TPSA) is 85.8 Å². The van der Waals surface area contributed by atoms with Gasteiger partial charge in [-0.2, -0.15) is 0 Å². The van der Waals surface area contributed by atoms with E-state index in [9.17, 15) is 4.79 Å². The largest absolute Gasteiger partial charge is 0.396 e. The summed E-state index contributed by atoms with van der Waals surface area (Å²) in [4.78, 5) is 11.9. The Labute approximate surface area is 119 Å². The second-order valence-electron chi connectivity index (χ2n) is 3.78. The second-order valence-corrected chi connectivity index (χ2v) is 4.59. The lowest BCUT2D eigenvalue weighted by Crippen LogP contribution is -2.27. The summed E-state index contributed by atoms with van der Waals surface area (Å²) in [5.41, 5.74) is 6.23. The Morgan fingerprint density at radius 3 is 2.63 bits per heavy atom. The van der Waals surface area contributed by atoms with Crippen LogP contribution in [-0.2, 0) is 6.54 Å². The van der Waals surface area contributed by atoms with Crippen LogP contribution in [0, 0.1) is 0 Å². The Morgan fingerprint density at radius 1 is 1.37 bits per heavy atom. The maximum absolute atomic E-state index is 11.9. The van der Waals surface area contributed by atoms with Crippen molar-refractivity contribution >= 4 is 34.8 Å². The molecule has 2 aromatic rings. The molecule has 0 saturated carbocycles. The SMILES string of the molecule is Nc1c(Cl)cc(C(=O)NCCn2ccnn2)cc1Cl. The third kappa shape index (κ3) is 3.36. The van der Waals surface area contributed by atoms with Crippen LogP contribution in [0.15, 0.2) is 24.5 Å². The second kappa shape index (κ2) is 5.90. The minimum absolute atomic E-state index is 0.258. The number of nitrogens with one attached hydrogen (secondary N) is 1. The molecule has 0 saturated heterocycles. The third-order valence-electron chi connectivity index (χ3n) is 2.44. The van der Waals surface area contributed by atoms with E-state index in [1.165, 1.54) is 12.1 Å². The lowest BCUT2D eigenvalue weighted by Gasteiger charge is -2.07. The van der Waals surface area contributed by atoms with Gasteiger partial charge in [-0.1, -0.05) is 28.4 Å². The van der Waals surface area contributed by atoms with Crippen LogP contribution in [0.4, 0.5) is 5.69 Å². The van der Waals surface area contributed by atoms with E-state index >= 15 is 0 Å². The number of amides is 1. The molecule has 0 atom stereocenters. The fourth-order valence-electron chi connectivity index (χ4n) is 1.45. The Bertz CT molecular complexity index is 562. The van der Waals surface area contributed by atoms with Gasteiger partial charge in [0, 0.05) is 18.3 Å². The van der Waals surface area contributed by atoms with E-state index in [-0.39, 0.29) is 21.6 Å². The lowest BCUT2D eigenvalue weighted by molar-refractivity contribution is 0.0952. The van der Waals surface area contributed by atoms with E-state index in [0.29, 0.717) is 18.7 Å². The molecule has 1 aromatic carbocycles. The van der Waals surface area contributed by atoms with E-state index in [1.807, 2.05) is 0 Å². The molecule has 0 fully saturated rings. The highest BCUT2D eigenvalue weighted by Crippen LogP contribution is 2.28. The summed E-state index contributed by atoms with van der Waals surface area (Å²) in [7, 11) is 0. The van der Waals surface area contributed by atoms with Gasteiger partial charge in [-0.25, -0.2) is 0 Å². The Kier molecular flexibility index (Phi) is 4.24. The normalized spacial score (nSPS) is 10.4. The number of halogens is 2. The van der Waals surface area contributed by atoms with Crippen LogP contribution < -0.4 is 11.1 Å². The van der Waals surface area contributed by atoms with Crippen molar-refractivity contribution in [1.82, 2.24) is 20.3 Å². The van der Waals surface area contributed by atoms with Crippen LogP contribution in [0.25, 0.3) is 0 Å². The molecule has 1 aromatic heterocycles. The van der Waals surface area contributed by atoms with Crippen LogP contribution in [-0.4, -0.2) is 27.4 Å². The molecule has 0 radical (unpaired) electrons.